The lowest BCUT2D eigenvalue weighted by Gasteiger charge is -2.37. The number of sulfonamides is 1. The first-order valence-corrected chi connectivity index (χ1v) is 15.3. The van der Waals surface area contributed by atoms with Gasteiger partial charge in [-0.05, 0) is 54.4 Å². The smallest absolute Gasteiger partial charge is 0.253 e. The standard InChI is InChI=1S/C31H38N4O6S/c1-21-18-35(22(2)20-36)42(39,40)29-14-13-25(23-9-11-24(12-10-23)31(38)33(3)4)16-27(29)41-28(21)19-34(5)30(37)17-26-8-6-7-15-32-26/h6-16,21-22,28,36H,17-20H2,1-5H3/t21-,22+,28-/m0/s1. The van der Waals surface area contributed by atoms with Gasteiger partial charge in [-0.15, -0.1) is 0 Å². The lowest BCUT2D eigenvalue weighted by atomic mass is 10.0. The van der Waals surface area contributed by atoms with E-state index in [0.29, 0.717) is 16.8 Å². The van der Waals surface area contributed by atoms with Crippen LogP contribution in [0.3, 0.4) is 0 Å². The molecule has 1 aliphatic rings. The summed E-state index contributed by atoms with van der Waals surface area (Å²) in [5.74, 6) is -0.405. The molecule has 11 heteroatoms. The van der Waals surface area contributed by atoms with Crippen molar-refractivity contribution < 1.29 is 27.9 Å². The number of nitrogens with zero attached hydrogens (tertiary/aromatic N) is 4. The molecular weight excluding hydrogens is 556 g/mol. The minimum atomic E-state index is -4.01. The molecule has 2 aromatic carbocycles. The summed E-state index contributed by atoms with van der Waals surface area (Å²) in [6.07, 6.45) is 1.23. The van der Waals surface area contributed by atoms with Crippen molar-refractivity contribution in [1.82, 2.24) is 19.1 Å². The molecule has 1 N–H and O–H groups in total. The number of aliphatic hydroxyl groups excluding tert-OH is 1. The van der Waals surface area contributed by atoms with Crippen molar-refractivity contribution >= 4 is 21.8 Å². The van der Waals surface area contributed by atoms with Crippen molar-refractivity contribution in [2.45, 2.75) is 37.3 Å². The summed E-state index contributed by atoms with van der Waals surface area (Å²) in [5.41, 5.74) is 2.68. The Balaban J connectivity index is 1.69. The van der Waals surface area contributed by atoms with E-state index >= 15 is 0 Å². The Morgan fingerprint density at radius 3 is 2.38 bits per heavy atom. The van der Waals surface area contributed by atoms with Crippen molar-refractivity contribution in [3.8, 4) is 16.9 Å². The number of rotatable bonds is 8. The van der Waals surface area contributed by atoms with Gasteiger partial charge in [-0.1, -0.05) is 31.2 Å². The van der Waals surface area contributed by atoms with Crippen LogP contribution in [0.2, 0.25) is 0 Å². The number of aromatic nitrogens is 1. The molecule has 0 spiro atoms. The third-order valence-corrected chi connectivity index (χ3v) is 9.50. The van der Waals surface area contributed by atoms with Crippen molar-refractivity contribution in [2.24, 2.45) is 5.92 Å². The molecule has 10 nitrogen and oxygen atoms in total. The number of ether oxygens (including phenoxy) is 1. The summed E-state index contributed by atoms with van der Waals surface area (Å²) in [7, 11) is 1.05. The molecule has 3 atom stereocenters. The SMILES string of the molecule is C[C@H](CO)N1C[C@H](C)[C@H](CN(C)C(=O)Cc2ccccn2)Oc2cc(-c3ccc(C(=O)N(C)C)cc3)ccc2S1(=O)=O. The Bertz CT molecular complexity index is 1510. The van der Waals surface area contributed by atoms with Gasteiger partial charge in [0.05, 0.1) is 19.6 Å². The maximum absolute atomic E-state index is 13.8. The summed E-state index contributed by atoms with van der Waals surface area (Å²) in [6.45, 7) is 3.53. The number of hydrogen-bond acceptors (Lipinski definition) is 7. The molecular formula is C31H38N4O6S. The quantitative estimate of drug-likeness (QED) is 0.426. The lowest BCUT2D eigenvalue weighted by Crippen LogP contribution is -2.50. The highest BCUT2D eigenvalue weighted by molar-refractivity contribution is 7.89. The highest BCUT2D eigenvalue weighted by Crippen LogP contribution is 2.36. The van der Waals surface area contributed by atoms with Crippen molar-refractivity contribution in [1.29, 1.82) is 0 Å². The van der Waals surface area contributed by atoms with Gasteiger partial charge in [-0.25, -0.2) is 8.42 Å². The van der Waals surface area contributed by atoms with Gasteiger partial charge in [0.25, 0.3) is 5.91 Å². The highest BCUT2D eigenvalue weighted by Gasteiger charge is 2.38. The van der Waals surface area contributed by atoms with E-state index in [0.717, 1.165) is 5.56 Å². The molecule has 0 unspecified atom stereocenters. The van der Waals surface area contributed by atoms with E-state index in [9.17, 15) is 23.1 Å². The van der Waals surface area contributed by atoms with Gasteiger partial charge < -0.3 is 19.6 Å². The number of fused-ring (bicyclic) bond motifs is 1. The Hall–Kier alpha value is -3.80. The van der Waals surface area contributed by atoms with Gasteiger partial charge in [0, 0.05) is 57.1 Å². The topological polar surface area (TPSA) is 120 Å². The Labute approximate surface area is 247 Å². The van der Waals surface area contributed by atoms with Crippen molar-refractivity contribution in [2.75, 3.05) is 40.8 Å². The molecule has 3 aromatic rings. The van der Waals surface area contributed by atoms with E-state index in [4.69, 9.17) is 4.74 Å². The average molecular weight is 595 g/mol. The lowest BCUT2D eigenvalue weighted by molar-refractivity contribution is -0.130. The molecule has 42 heavy (non-hydrogen) atoms. The maximum Gasteiger partial charge on any atom is 0.253 e. The Morgan fingerprint density at radius 2 is 1.76 bits per heavy atom. The predicted molar refractivity (Wildman–Crippen MR) is 159 cm³/mol. The van der Waals surface area contributed by atoms with E-state index in [1.807, 2.05) is 13.0 Å². The third kappa shape index (κ3) is 6.80. The number of carbonyl (C=O) groups excluding carboxylic acids is 2. The summed E-state index contributed by atoms with van der Waals surface area (Å²) < 4.78 is 35.4. The molecule has 0 saturated heterocycles. The second-order valence-corrected chi connectivity index (χ2v) is 12.8. The van der Waals surface area contributed by atoms with E-state index in [1.165, 1.54) is 15.3 Å². The molecule has 0 saturated carbocycles. The van der Waals surface area contributed by atoms with Gasteiger partial charge in [0.2, 0.25) is 15.9 Å². The van der Waals surface area contributed by atoms with Crippen LogP contribution in [0.5, 0.6) is 5.75 Å². The number of likely N-dealkylation sites (N-methyl/N-ethyl adjacent to an activating group) is 1. The van der Waals surface area contributed by atoms with E-state index in [-0.39, 0.29) is 54.5 Å². The zero-order valence-corrected chi connectivity index (χ0v) is 25.4. The molecule has 0 aliphatic carbocycles. The second-order valence-electron chi connectivity index (χ2n) is 11.0. The number of amides is 2. The first kappa shape index (κ1) is 31.1. The molecule has 2 amide bonds. The van der Waals surface area contributed by atoms with E-state index in [2.05, 4.69) is 4.98 Å². The Kier molecular flexibility index (Phi) is 9.65. The molecule has 0 radical (unpaired) electrons. The third-order valence-electron chi connectivity index (χ3n) is 7.48. The van der Waals surface area contributed by atoms with E-state index < -0.39 is 22.2 Å². The van der Waals surface area contributed by atoms with Crippen LogP contribution in [0.1, 0.15) is 29.9 Å². The van der Waals surface area contributed by atoms with Crippen LogP contribution in [-0.4, -0.2) is 97.4 Å². The minimum absolute atomic E-state index is 0.00896. The van der Waals surface area contributed by atoms with Gasteiger partial charge in [0.1, 0.15) is 16.7 Å². The van der Waals surface area contributed by atoms with Crippen LogP contribution >= 0.6 is 0 Å². The minimum Gasteiger partial charge on any atom is -0.487 e. The largest absolute Gasteiger partial charge is 0.487 e. The molecule has 4 rings (SSSR count). The van der Waals surface area contributed by atoms with Gasteiger partial charge in [0.15, 0.2) is 0 Å². The number of pyridine rings is 1. The number of carbonyl (C=O) groups is 2. The van der Waals surface area contributed by atoms with Crippen LogP contribution in [0.15, 0.2) is 71.8 Å². The molecule has 224 valence electrons. The monoisotopic (exact) mass is 594 g/mol. The van der Waals surface area contributed by atoms with Crippen molar-refractivity contribution in [3.63, 3.8) is 0 Å². The molecule has 1 aliphatic heterocycles. The fourth-order valence-electron chi connectivity index (χ4n) is 4.85. The number of benzene rings is 2. The summed E-state index contributed by atoms with van der Waals surface area (Å²) in [6, 6.07) is 16.7. The van der Waals surface area contributed by atoms with Crippen LogP contribution in [-0.2, 0) is 21.2 Å². The van der Waals surface area contributed by atoms with Crippen LogP contribution in [0.4, 0.5) is 0 Å². The summed E-state index contributed by atoms with van der Waals surface area (Å²) in [4.78, 5) is 32.7. The van der Waals surface area contributed by atoms with Gasteiger partial charge in [-0.2, -0.15) is 4.31 Å². The van der Waals surface area contributed by atoms with E-state index in [1.54, 1.807) is 87.7 Å². The van der Waals surface area contributed by atoms with Crippen LogP contribution < -0.4 is 4.74 Å². The zero-order valence-electron chi connectivity index (χ0n) is 24.6. The predicted octanol–water partition coefficient (Wildman–Crippen LogP) is 2.92. The van der Waals surface area contributed by atoms with Crippen LogP contribution in [0, 0.1) is 5.92 Å². The van der Waals surface area contributed by atoms with Crippen molar-refractivity contribution in [3.05, 3.63) is 78.1 Å². The molecule has 0 fully saturated rings. The van der Waals surface area contributed by atoms with Crippen LogP contribution in [0.25, 0.3) is 11.1 Å². The maximum atomic E-state index is 13.8. The molecule has 1 aromatic heterocycles. The number of aliphatic hydroxyl groups is 1. The number of hydrogen-bond donors (Lipinski definition) is 1. The zero-order chi connectivity index (χ0) is 30.6. The fraction of sp³-hybridized carbons (Fsp3) is 0.387. The fourth-order valence-corrected chi connectivity index (χ4v) is 6.68. The Morgan fingerprint density at radius 1 is 1.07 bits per heavy atom. The van der Waals surface area contributed by atoms with Gasteiger partial charge in [-0.3, -0.25) is 14.6 Å². The second kappa shape index (κ2) is 13.0. The first-order chi connectivity index (χ1) is 19.9. The average Bonchev–Trinajstić information content (AvgIpc) is 2.98. The summed E-state index contributed by atoms with van der Waals surface area (Å²) in [5, 5.41) is 9.91. The normalized spacial score (nSPS) is 19.0. The molecule has 2 heterocycles. The highest BCUT2D eigenvalue weighted by atomic mass is 32.2. The van der Waals surface area contributed by atoms with Gasteiger partial charge >= 0.3 is 0 Å². The summed E-state index contributed by atoms with van der Waals surface area (Å²) >= 11 is 0. The first-order valence-electron chi connectivity index (χ1n) is 13.8. The molecule has 0 bridgehead atoms.